The summed E-state index contributed by atoms with van der Waals surface area (Å²) in [6.45, 7) is 1.88. The molecule has 5 nitrogen and oxygen atoms in total. The molecule has 0 saturated heterocycles. The second-order valence-electron chi connectivity index (χ2n) is 4.34. The lowest BCUT2D eigenvalue weighted by molar-refractivity contribution is -0.129. The quantitative estimate of drug-likeness (QED) is 0.646. The van der Waals surface area contributed by atoms with E-state index in [-0.39, 0.29) is 11.6 Å². The van der Waals surface area contributed by atoms with Crippen molar-refractivity contribution in [1.82, 2.24) is 4.98 Å². The standard InChI is InChI=1S/C15H12N2O3S/c1-9-13(21-8-16-9)7-11-15(18)20-14(17-11)10-5-3-4-6-12(10)19-2/h3-8H,1-2H3/b11-7-. The van der Waals surface area contributed by atoms with Crippen LogP contribution in [-0.2, 0) is 9.53 Å². The van der Waals surface area contributed by atoms with E-state index in [0.717, 1.165) is 10.6 Å². The lowest BCUT2D eigenvalue weighted by Crippen LogP contribution is -2.06. The maximum Gasteiger partial charge on any atom is 0.363 e. The van der Waals surface area contributed by atoms with Crippen LogP contribution in [-0.4, -0.2) is 24.0 Å². The lowest BCUT2D eigenvalue weighted by Gasteiger charge is -2.05. The summed E-state index contributed by atoms with van der Waals surface area (Å²) in [5.41, 5.74) is 3.51. The third-order valence-corrected chi connectivity index (χ3v) is 3.89. The van der Waals surface area contributed by atoms with Crippen molar-refractivity contribution in [3.8, 4) is 5.75 Å². The van der Waals surface area contributed by atoms with Crippen LogP contribution in [0.3, 0.4) is 0 Å². The molecule has 0 aliphatic carbocycles. The van der Waals surface area contributed by atoms with Crippen LogP contribution in [0.2, 0.25) is 0 Å². The number of para-hydroxylation sites is 1. The average molecular weight is 300 g/mol. The number of rotatable bonds is 3. The number of hydrogen-bond donors (Lipinski definition) is 0. The number of aliphatic imine (C=N–C) groups is 1. The second-order valence-corrected chi connectivity index (χ2v) is 5.22. The summed E-state index contributed by atoms with van der Waals surface area (Å²) < 4.78 is 10.5. The van der Waals surface area contributed by atoms with E-state index in [9.17, 15) is 4.79 Å². The predicted molar refractivity (Wildman–Crippen MR) is 80.5 cm³/mol. The number of methoxy groups -OCH3 is 1. The molecule has 0 spiro atoms. The van der Waals surface area contributed by atoms with E-state index < -0.39 is 5.97 Å². The number of cyclic esters (lactones) is 1. The Morgan fingerprint density at radius 2 is 2.14 bits per heavy atom. The molecule has 106 valence electrons. The van der Waals surface area contributed by atoms with Crippen LogP contribution < -0.4 is 4.74 Å². The topological polar surface area (TPSA) is 60.8 Å². The number of ether oxygens (including phenoxy) is 2. The monoisotopic (exact) mass is 300 g/mol. The van der Waals surface area contributed by atoms with Crippen LogP contribution in [0, 0.1) is 6.92 Å². The molecule has 6 heteroatoms. The smallest absolute Gasteiger partial charge is 0.363 e. The molecule has 1 aliphatic heterocycles. The molecule has 21 heavy (non-hydrogen) atoms. The molecule has 0 unspecified atom stereocenters. The van der Waals surface area contributed by atoms with Crippen molar-refractivity contribution in [2.45, 2.75) is 6.92 Å². The van der Waals surface area contributed by atoms with Crippen LogP contribution in [0.1, 0.15) is 16.1 Å². The number of nitrogens with zero attached hydrogens (tertiary/aromatic N) is 2. The highest BCUT2D eigenvalue weighted by Gasteiger charge is 2.26. The van der Waals surface area contributed by atoms with Gasteiger partial charge in [0.15, 0.2) is 5.70 Å². The summed E-state index contributed by atoms with van der Waals surface area (Å²) in [5, 5.41) is 0. The van der Waals surface area contributed by atoms with Gasteiger partial charge in [0.25, 0.3) is 0 Å². The molecule has 2 heterocycles. The number of carbonyl (C=O) groups is 1. The third kappa shape index (κ3) is 2.57. The van der Waals surface area contributed by atoms with E-state index in [1.54, 1.807) is 30.8 Å². The largest absolute Gasteiger partial charge is 0.496 e. The van der Waals surface area contributed by atoms with Gasteiger partial charge in [-0.05, 0) is 25.1 Å². The first kappa shape index (κ1) is 13.5. The van der Waals surface area contributed by atoms with Gasteiger partial charge in [-0.1, -0.05) is 12.1 Å². The minimum atomic E-state index is -0.469. The molecule has 1 aromatic heterocycles. The Bertz CT molecular complexity index is 762. The summed E-state index contributed by atoms with van der Waals surface area (Å²) in [6.07, 6.45) is 1.69. The molecule has 3 rings (SSSR count). The molecule has 0 fully saturated rings. The fraction of sp³-hybridized carbons (Fsp3) is 0.133. The van der Waals surface area contributed by atoms with E-state index in [2.05, 4.69) is 9.98 Å². The van der Waals surface area contributed by atoms with Gasteiger partial charge in [-0.15, -0.1) is 11.3 Å². The fourth-order valence-corrected chi connectivity index (χ4v) is 2.65. The summed E-state index contributed by atoms with van der Waals surface area (Å²) in [7, 11) is 1.56. The second kappa shape index (κ2) is 5.49. The number of esters is 1. The molecular formula is C15H12N2O3S. The van der Waals surface area contributed by atoms with E-state index in [0.29, 0.717) is 11.3 Å². The van der Waals surface area contributed by atoms with Crippen molar-refractivity contribution in [2.75, 3.05) is 7.11 Å². The van der Waals surface area contributed by atoms with E-state index in [1.807, 2.05) is 19.1 Å². The van der Waals surface area contributed by atoms with E-state index >= 15 is 0 Å². The molecular weight excluding hydrogens is 288 g/mol. The van der Waals surface area contributed by atoms with Crippen molar-refractivity contribution >= 4 is 29.3 Å². The van der Waals surface area contributed by atoms with Gasteiger partial charge in [-0.25, -0.2) is 14.8 Å². The maximum absolute atomic E-state index is 11.9. The van der Waals surface area contributed by atoms with Gasteiger partial charge in [0.2, 0.25) is 5.90 Å². The summed E-state index contributed by atoms with van der Waals surface area (Å²) >= 11 is 1.45. The van der Waals surface area contributed by atoms with Gasteiger partial charge in [0, 0.05) is 0 Å². The zero-order valence-corrected chi connectivity index (χ0v) is 12.3. The summed E-state index contributed by atoms with van der Waals surface area (Å²) in [6, 6.07) is 7.27. The van der Waals surface area contributed by atoms with E-state index in [4.69, 9.17) is 9.47 Å². The molecule has 2 aromatic rings. The molecule has 1 aromatic carbocycles. The zero-order chi connectivity index (χ0) is 14.8. The Kier molecular flexibility index (Phi) is 3.53. The number of benzene rings is 1. The molecule has 0 radical (unpaired) electrons. The SMILES string of the molecule is COc1ccccc1C1=N/C(=C\c2scnc2C)C(=O)O1. The first-order valence-electron chi connectivity index (χ1n) is 6.25. The van der Waals surface area contributed by atoms with Gasteiger partial charge in [-0.3, -0.25) is 0 Å². The van der Waals surface area contributed by atoms with E-state index in [1.165, 1.54) is 11.3 Å². The Hall–Kier alpha value is -2.47. The molecule has 0 N–H and O–H groups in total. The number of carbonyl (C=O) groups excluding carboxylic acids is 1. The average Bonchev–Trinajstić information content (AvgIpc) is 3.06. The first-order valence-corrected chi connectivity index (χ1v) is 7.13. The fourth-order valence-electron chi connectivity index (χ4n) is 1.92. The van der Waals surface area contributed by atoms with Crippen LogP contribution in [0.4, 0.5) is 0 Å². The lowest BCUT2D eigenvalue weighted by atomic mass is 10.2. The van der Waals surface area contributed by atoms with Gasteiger partial charge in [0.1, 0.15) is 5.75 Å². The Labute approximate surface area is 125 Å². The van der Waals surface area contributed by atoms with Gasteiger partial charge in [0.05, 0.1) is 28.8 Å². The summed E-state index contributed by atoms with van der Waals surface area (Å²) in [5.74, 6) is 0.397. The predicted octanol–water partition coefficient (Wildman–Crippen LogP) is 2.80. The normalized spacial score (nSPS) is 16.0. The number of aryl methyl sites for hydroxylation is 1. The highest BCUT2D eigenvalue weighted by Crippen LogP contribution is 2.26. The van der Waals surface area contributed by atoms with Crippen molar-refractivity contribution in [1.29, 1.82) is 0 Å². The Morgan fingerprint density at radius 3 is 2.86 bits per heavy atom. The molecule has 1 aliphatic rings. The third-order valence-electron chi connectivity index (χ3n) is 3.01. The number of thiazole rings is 1. The molecule has 0 atom stereocenters. The van der Waals surface area contributed by atoms with Crippen molar-refractivity contribution in [2.24, 2.45) is 4.99 Å². The Morgan fingerprint density at radius 1 is 1.33 bits per heavy atom. The Balaban J connectivity index is 1.99. The van der Waals surface area contributed by atoms with Gasteiger partial charge < -0.3 is 9.47 Å². The molecule has 0 saturated carbocycles. The van der Waals surface area contributed by atoms with Gasteiger partial charge in [-0.2, -0.15) is 0 Å². The highest BCUT2D eigenvalue weighted by atomic mass is 32.1. The van der Waals surface area contributed by atoms with Crippen molar-refractivity contribution in [3.63, 3.8) is 0 Å². The minimum Gasteiger partial charge on any atom is -0.496 e. The van der Waals surface area contributed by atoms with Crippen molar-refractivity contribution in [3.05, 3.63) is 51.6 Å². The van der Waals surface area contributed by atoms with Crippen LogP contribution in [0.5, 0.6) is 5.75 Å². The zero-order valence-electron chi connectivity index (χ0n) is 11.5. The van der Waals surface area contributed by atoms with Crippen LogP contribution >= 0.6 is 11.3 Å². The van der Waals surface area contributed by atoms with Gasteiger partial charge >= 0.3 is 5.97 Å². The molecule has 0 amide bonds. The summed E-state index contributed by atoms with van der Waals surface area (Å²) in [4.78, 5) is 21.2. The maximum atomic E-state index is 11.9. The highest BCUT2D eigenvalue weighted by molar-refractivity contribution is 7.10. The number of aromatic nitrogens is 1. The van der Waals surface area contributed by atoms with Crippen molar-refractivity contribution < 1.29 is 14.3 Å². The minimum absolute atomic E-state index is 0.255. The first-order chi connectivity index (χ1) is 10.2. The number of hydrogen-bond acceptors (Lipinski definition) is 6. The van der Waals surface area contributed by atoms with Crippen LogP contribution in [0.25, 0.3) is 6.08 Å². The molecule has 0 bridgehead atoms. The van der Waals surface area contributed by atoms with Crippen LogP contribution in [0.15, 0.2) is 40.5 Å².